The van der Waals surface area contributed by atoms with Crippen LogP contribution in [0.1, 0.15) is 32.5 Å². The predicted molar refractivity (Wildman–Crippen MR) is 184 cm³/mol. The molecule has 2 heterocycles. The summed E-state index contributed by atoms with van der Waals surface area (Å²) in [5, 5.41) is 8.53. The van der Waals surface area contributed by atoms with E-state index in [1.165, 1.54) is 35.4 Å². The molecule has 0 bridgehead atoms. The number of hydrogen-bond acceptors (Lipinski definition) is 7. The van der Waals surface area contributed by atoms with E-state index in [0.29, 0.717) is 22.1 Å². The highest BCUT2D eigenvalue weighted by Crippen LogP contribution is 2.37. The summed E-state index contributed by atoms with van der Waals surface area (Å²) in [7, 11) is 0. The van der Waals surface area contributed by atoms with Gasteiger partial charge in [0.05, 0.1) is 16.5 Å². The number of nitrogens with one attached hydrogen (secondary N) is 3. The minimum absolute atomic E-state index is 0.0214. The molecular formula is C36H28N4O4S2. The number of fused-ring (bicyclic) bond motifs is 1. The maximum atomic E-state index is 13.6. The van der Waals surface area contributed by atoms with E-state index >= 15 is 0 Å². The molecule has 1 unspecified atom stereocenters. The fourth-order valence-electron chi connectivity index (χ4n) is 4.57. The largest absolute Gasteiger partial charge is 0.465 e. The van der Waals surface area contributed by atoms with E-state index in [2.05, 4.69) is 27.0 Å². The standard InChI is InChI=1S/C36H28N4O4S2/c1-23-14-19-29-31(21-23)46-36(39-29)40-35(43)32(24-9-4-2-5-10-24)45-28-17-15-26(16-18-28)37-34(42)30(22-27-13-8-20-44-27)38-33(41)25-11-6-3-7-12-25/h2-22,32H,1H3,(H,37,42)(H,38,41)(H,39,40,43)/b30-22-. The van der Waals surface area contributed by atoms with Crippen LogP contribution in [0.25, 0.3) is 16.3 Å². The fourth-order valence-corrected chi connectivity index (χ4v) is 6.56. The van der Waals surface area contributed by atoms with Gasteiger partial charge in [-0.25, -0.2) is 4.98 Å². The Balaban J connectivity index is 1.17. The van der Waals surface area contributed by atoms with Crippen LogP contribution >= 0.6 is 23.1 Å². The van der Waals surface area contributed by atoms with Gasteiger partial charge >= 0.3 is 0 Å². The molecule has 0 aliphatic heterocycles. The van der Waals surface area contributed by atoms with Crippen LogP contribution in [-0.2, 0) is 9.59 Å². The van der Waals surface area contributed by atoms with Crippen molar-refractivity contribution in [1.29, 1.82) is 0 Å². The smallest absolute Gasteiger partial charge is 0.272 e. The third kappa shape index (κ3) is 7.60. The normalized spacial score (nSPS) is 12.0. The average Bonchev–Trinajstić information content (AvgIpc) is 3.74. The summed E-state index contributed by atoms with van der Waals surface area (Å²) in [6, 6.07) is 34.7. The van der Waals surface area contributed by atoms with Gasteiger partial charge in [0.15, 0.2) is 5.13 Å². The van der Waals surface area contributed by atoms with E-state index in [-0.39, 0.29) is 11.6 Å². The number of aromatic nitrogens is 1. The van der Waals surface area contributed by atoms with E-state index in [1.54, 1.807) is 48.5 Å². The minimum Gasteiger partial charge on any atom is -0.465 e. The molecule has 0 radical (unpaired) electrons. The molecule has 6 aromatic rings. The van der Waals surface area contributed by atoms with Crippen LogP contribution in [0.3, 0.4) is 0 Å². The molecular weight excluding hydrogens is 617 g/mol. The van der Waals surface area contributed by atoms with Crippen molar-refractivity contribution in [1.82, 2.24) is 10.3 Å². The second kappa shape index (κ2) is 14.1. The lowest BCUT2D eigenvalue weighted by Crippen LogP contribution is -2.30. The molecule has 0 spiro atoms. The Bertz CT molecular complexity index is 2010. The molecule has 6 rings (SSSR count). The van der Waals surface area contributed by atoms with Crippen LogP contribution < -0.4 is 16.0 Å². The summed E-state index contributed by atoms with van der Waals surface area (Å²) in [5.74, 6) is -0.720. The Hall–Kier alpha value is -5.45. The minimum atomic E-state index is -0.550. The zero-order valence-corrected chi connectivity index (χ0v) is 26.2. The van der Waals surface area contributed by atoms with Crippen LogP contribution in [0.15, 0.2) is 137 Å². The Kier molecular flexibility index (Phi) is 9.37. The maximum Gasteiger partial charge on any atom is 0.272 e. The number of aryl methyl sites for hydroxylation is 1. The Morgan fingerprint density at radius 2 is 1.59 bits per heavy atom. The number of hydrogen-bond donors (Lipinski definition) is 3. The molecule has 0 saturated carbocycles. The molecule has 1 atom stereocenters. The highest BCUT2D eigenvalue weighted by Gasteiger charge is 2.24. The van der Waals surface area contributed by atoms with Crippen molar-refractivity contribution in [3.8, 4) is 0 Å². The molecule has 3 N–H and O–H groups in total. The quantitative estimate of drug-likeness (QED) is 0.103. The lowest BCUT2D eigenvalue weighted by Gasteiger charge is -2.16. The first-order valence-electron chi connectivity index (χ1n) is 14.3. The molecule has 10 heteroatoms. The number of nitrogens with zero attached hydrogens (tertiary/aromatic N) is 1. The van der Waals surface area contributed by atoms with Crippen molar-refractivity contribution < 1.29 is 18.8 Å². The summed E-state index contributed by atoms with van der Waals surface area (Å²) >= 11 is 2.84. The Labute approximate surface area is 273 Å². The maximum absolute atomic E-state index is 13.6. The number of carbonyl (C=O) groups is 3. The van der Waals surface area contributed by atoms with Crippen LogP contribution in [0.4, 0.5) is 10.8 Å². The van der Waals surface area contributed by atoms with Crippen LogP contribution in [0, 0.1) is 6.92 Å². The van der Waals surface area contributed by atoms with Crippen molar-refractivity contribution in [3.63, 3.8) is 0 Å². The number of carbonyl (C=O) groups excluding carboxylic acids is 3. The zero-order chi connectivity index (χ0) is 31.9. The van der Waals surface area contributed by atoms with Crippen molar-refractivity contribution in [2.24, 2.45) is 0 Å². The second-order valence-electron chi connectivity index (χ2n) is 10.3. The van der Waals surface area contributed by atoms with E-state index < -0.39 is 17.1 Å². The van der Waals surface area contributed by atoms with Gasteiger partial charge in [-0.15, -0.1) is 11.8 Å². The third-order valence-corrected chi connectivity index (χ3v) is 9.04. The molecule has 8 nitrogen and oxygen atoms in total. The summed E-state index contributed by atoms with van der Waals surface area (Å²) in [6.07, 6.45) is 2.95. The summed E-state index contributed by atoms with van der Waals surface area (Å²) in [6.45, 7) is 2.02. The Morgan fingerprint density at radius 1 is 0.848 bits per heavy atom. The SMILES string of the molecule is Cc1ccc2nc(NC(=O)C(Sc3ccc(NC(=O)/C(=C/c4ccco4)NC(=O)c4ccccc4)cc3)c3ccccc3)sc2c1. The number of furan rings is 1. The first-order chi connectivity index (χ1) is 22.4. The average molecular weight is 645 g/mol. The summed E-state index contributed by atoms with van der Waals surface area (Å²) in [5.41, 5.74) is 3.77. The van der Waals surface area contributed by atoms with Gasteiger partial charge in [0, 0.05) is 22.2 Å². The lowest BCUT2D eigenvalue weighted by molar-refractivity contribution is -0.116. The highest BCUT2D eigenvalue weighted by molar-refractivity contribution is 8.00. The van der Waals surface area contributed by atoms with Gasteiger partial charge in [-0.3, -0.25) is 14.4 Å². The number of benzene rings is 4. The van der Waals surface area contributed by atoms with E-state index in [1.807, 2.05) is 67.6 Å². The highest BCUT2D eigenvalue weighted by atomic mass is 32.2. The van der Waals surface area contributed by atoms with Gasteiger partial charge in [0.1, 0.15) is 16.7 Å². The van der Waals surface area contributed by atoms with Crippen LogP contribution in [0.2, 0.25) is 0 Å². The molecule has 4 aromatic carbocycles. The molecule has 0 saturated heterocycles. The van der Waals surface area contributed by atoms with Gasteiger partial charge in [0.25, 0.3) is 11.8 Å². The number of thioether (sulfide) groups is 1. The molecule has 46 heavy (non-hydrogen) atoms. The first kappa shape index (κ1) is 30.6. The summed E-state index contributed by atoms with van der Waals surface area (Å²) < 4.78 is 6.38. The molecule has 0 aliphatic rings. The van der Waals surface area contributed by atoms with Gasteiger partial charge in [0.2, 0.25) is 5.91 Å². The third-order valence-electron chi connectivity index (χ3n) is 6.84. The van der Waals surface area contributed by atoms with Gasteiger partial charge in [-0.05, 0) is 78.7 Å². The topological polar surface area (TPSA) is 113 Å². The fraction of sp³-hybridized carbons (Fsp3) is 0.0556. The number of amides is 3. The van der Waals surface area contributed by atoms with Gasteiger partial charge in [-0.2, -0.15) is 0 Å². The zero-order valence-electron chi connectivity index (χ0n) is 24.6. The first-order valence-corrected chi connectivity index (χ1v) is 16.0. The van der Waals surface area contributed by atoms with Crippen LogP contribution in [-0.4, -0.2) is 22.7 Å². The monoisotopic (exact) mass is 644 g/mol. The molecule has 2 aromatic heterocycles. The lowest BCUT2D eigenvalue weighted by atomic mass is 10.1. The van der Waals surface area contributed by atoms with Crippen molar-refractivity contribution in [2.45, 2.75) is 17.1 Å². The number of thiazole rings is 1. The molecule has 0 fully saturated rings. The predicted octanol–water partition coefficient (Wildman–Crippen LogP) is 8.08. The molecule has 0 aliphatic carbocycles. The second-order valence-corrected chi connectivity index (χ2v) is 12.5. The van der Waals surface area contributed by atoms with Crippen molar-refractivity contribution in [3.05, 3.63) is 150 Å². The molecule has 3 amide bonds. The summed E-state index contributed by atoms with van der Waals surface area (Å²) in [4.78, 5) is 45.1. The van der Waals surface area contributed by atoms with E-state index in [0.717, 1.165) is 26.2 Å². The number of anilines is 2. The number of rotatable bonds is 10. The van der Waals surface area contributed by atoms with E-state index in [4.69, 9.17) is 4.42 Å². The Morgan fingerprint density at radius 3 is 2.30 bits per heavy atom. The van der Waals surface area contributed by atoms with Crippen LogP contribution in [0.5, 0.6) is 0 Å². The van der Waals surface area contributed by atoms with Gasteiger partial charge < -0.3 is 20.4 Å². The van der Waals surface area contributed by atoms with Gasteiger partial charge in [-0.1, -0.05) is 65.9 Å². The van der Waals surface area contributed by atoms with E-state index in [9.17, 15) is 14.4 Å². The van der Waals surface area contributed by atoms with Crippen molar-refractivity contribution in [2.75, 3.05) is 10.6 Å². The molecule has 228 valence electrons. The van der Waals surface area contributed by atoms with Crippen molar-refractivity contribution >= 4 is 67.9 Å².